The van der Waals surface area contributed by atoms with Crippen molar-refractivity contribution in [2.45, 2.75) is 44.9 Å². The third-order valence-corrected chi connectivity index (χ3v) is 4.29. The molecule has 1 aromatic rings. The number of alkyl carbamates (subject to hydrolysis) is 1. The highest BCUT2D eigenvalue weighted by atomic mass is 35.5. The zero-order chi connectivity index (χ0) is 20.9. The molecule has 0 radical (unpaired) electrons. The zero-order valence-corrected chi connectivity index (χ0v) is 16.9. The van der Waals surface area contributed by atoms with Crippen molar-refractivity contribution in [1.82, 2.24) is 10.2 Å². The Balaban J connectivity index is 2.22. The van der Waals surface area contributed by atoms with Crippen molar-refractivity contribution < 1.29 is 29.0 Å². The first-order valence-corrected chi connectivity index (χ1v) is 9.29. The maximum Gasteiger partial charge on any atom is 0.408 e. The molecule has 2 N–H and O–H groups in total. The Morgan fingerprint density at radius 1 is 1.32 bits per heavy atom. The number of carboxylic acids is 1. The Labute approximate surface area is 168 Å². The molecule has 1 heterocycles. The first kappa shape index (κ1) is 22.0. The smallest absolute Gasteiger partial charge is 0.408 e. The summed E-state index contributed by atoms with van der Waals surface area (Å²) < 4.78 is 10.4. The molecule has 8 nitrogen and oxygen atoms in total. The van der Waals surface area contributed by atoms with Gasteiger partial charge in [0.1, 0.15) is 11.6 Å². The molecule has 28 heavy (non-hydrogen) atoms. The van der Waals surface area contributed by atoms with Gasteiger partial charge in [0.2, 0.25) is 5.91 Å². The Morgan fingerprint density at radius 3 is 2.54 bits per heavy atom. The van der Waals surface area contributed by atoms with E-state index in [-0.39, 0.29) is 26.2 Å². The number of nitrogens with zero attached hydrogens (tertiary/aromatic N) is 1. The number of carbonyl (C=O) groups excluding carboxylic acids is 2. The Morgan fingerprint density at radius 2 is 1.96 bits per heavy atom. The maximum absolute atomic E-state index is 13.1. The number of carbonyl (C=O) groups is 3. The van der Waals surface area contributed by atoms with Gasteiger partial charge in [-0.2, -0.15) is 0 Å². The Hall–Kier alpha value is -2.32. The molecule has 1 fully saturated rings. The minimum atomic E-state index is -1.16. The van der Waals surface area contributed by atoms with Gasteiger partial charge in [0.05, 0.1) is 13.2 Å². The van der Waals surface area contributed by atoms with Crippen LogP contribution in [0.25, 0.3) is 0 Å². The maximum atomic E-state index is 13.1. The summed E-state index contributed by atoms with van der Waals surface area (Å²) in [5, 5.41) is 12.5. The minimum Gasteiger partial charge on any atom is -0.480 e. The monoisotopic (exact) mass is 412 g/mol. The number of morpholine rings is 1. The van der Waals surface area contributed by atoms with E-state index in [4.69, 9.17) is 21.1 Å². The third-order valence-electron chi connectivity index (χ3n) is 4.04. The summed E-state index contributed by atoms with van der Waals surface area (Å²) in [4.78, 5) is 38.1. The van der Waals surface area contributed by atoms with Crippen molar-refractivity contribution in [3.63, 3.8) is 0 Å². The second-order valence-corrected chi connectivity index (χ2v) is 7.93. The number of aliphatic carboxylic acids is 1. The molecule has 1 aromatic carbocycles. The Kier molecular flexibility index (Phi) is 7.26. The third kappa shape index (κ3) is 6.38. The highest BCUT2D eigenvalue weighted by Crippen LogP contribution is 2.16. The number of halogens is 1. The van der Waals surface area contributed by atoms with Gasteiger partial charge in [0, 0.05) is 18.0 Å². The number of carboxylic acid groups (broad SMARTS) is 1. The van der Waals surface area contributed by atoms with E-state index in [2.05, 4.69) is 5.32 Å². The van der Waals surface area contributed by atoms with E-state index < -0.39 is 35.7 Å². The highest BCUT2D eigenvalue weighted by molar-refractivity contribution is 6.30. The van der Waals surface area contributed by atoms with Gasteiger partial charge in [-0.3, -0.25) is 4.79 Å². The average molecular weight is 413 g/mol. The summed E-state index contributed by atoms with van der Waals surface area (Å²) in [7, 11) is 0. The van der Waals surface area contributed by atoms with Crippen LogP contribution < -0.4 is 5.32 Å². The number of benzene rings is 1. The predicted octanol–water partition coefficient (Wildman–Crippen LogP) is 2.09. The van der Waals surface area contributed by atoms with E-state index in [9.17, 15) is 19.5 Å². The van der Waals surface area contributed by atoms with Gasteiger partial charge in [-0.15, -0.1) is 0 Å². The molecule has 1 aliphatic rings. The summed E-state index contributed by atoms with van der Waals surface area (Å²) in [5.41, 5.74) is 0.0273. The molecule has 0 unspecified atom stereocenters. The van der Waals surface area contributed by atoms with Crippen LogP contribution in [-0.2, 0) is 25.5 Å². The first-order valence-electron chi connectivity index (χ1n) is 8.92. The van der Waals surface area contributed by atoms with E-state index >= 15 is 0 Å². The lowest BCUT2D eigenvalue weighted by atomic mass is 10.0. The van der Waals surface area contributed by atoms with Crippen LogP contribution in [0.2, 0.25) is 5.02 Å². The van der Waals surface area contributed by atoms with Gasteiger partial charge >= 0.3 is 12.1 Å². The standard InChI is InChI=1S/C19H25ClN2O6/c1-19(2,3)28-18(26)21-14(10-12-4-6-13(20)7-5-12)16(23)22-8-9-27-11-15(22)17(24)25/h4-7,14-15H,8-11H2,1-3H3,(H,21,26)(H,24,25)/t14-,15+/m1/s1. The number of hydrogen-bond donors (Lipinski definition) is 2. The SMILES string of the molecule is CC(C)(C)OC(=O)N[C@H](Cc1ccc(Cl)cc1)C(=O)N1CCOC[C@H]1C(=O)O. The molecule has 0 aromatic heterocycles. The molecule has 0 bridgehead atoms. The molecule has 2 amide bonds. The van der Waals surface area contributed by atoms with Gasteiger partial charge in [-0.1, -0.05) is 23.7 Å². The molecule has 9 heteroatoms. The van der Waals surface area contributed by atoms with Crippen LogP contribution in [0, 0.1) is 0 Å². The lowest BCUT2D eigenvalue weighted by Crippen LogP contribution is -2.59. The number of amides is 2. The molecule has 0 saturated carbocycles. The van der Waals surface area contributed by atoms with Crippen molar-refractivity contribution >= 4 is 29.6 Å². The fourth-order valence-electron chi connectivity index (χ4n) is 2.78. The normalized spacial score (nSPS) is 18.3. The molecule has 154 valence electrons. The van der Waals surface area contributed by atoms with Crippen LogP contribution in [0.15, 0.2) is 24.3 Å². The van der Waals surface area contributed by atoms with Gasteiger partial charge in [-0.25, -0.2) is 9.59 Å². The van der Waals surface area contributed by atoms with Crippen LogP contribution in [0.5, 0.6) is 0 Å². The number of rotatable bonds is 5. The van der Waals surface area contributed by atoms with Crippen molar-refractivity contribution in [1.29, 1.82) is 0 Å². The van der Waals surface area contributed by atoms with Crippen LogP contribution >= 0.6 is 11.6 Å². The van der Waals surface area contributed by atoms with Gasteiger partial charge in [-0.05, 0) is 38.5 Å². The minimum absolute atomic E-state index is 0.0961. The topological polar surface area (TPSA) is 105 Å². The number of nitrogens with one attached hydrogen (secondary N) is 1. The van der Waals surface area contributed by atoms with E-state index in [0.29, 0.717) is 5.02 Å². The molecule has 1 aliphatic heterocycles. The lowest BCUT2D eigenvalue weighted by molar-refractivity contribution is -0.159. The molecular formula is C19H25ClN2O6. The largest absolute Gasteiger partial charge is 0.480 e. The van der Waals surface area contributed by atoms with Crippen molar-refractivity contribution in [2.24, 2.45) is 0 Å². The first-order chi connectivity index (χ1) is 13.1. The second-order valence-electron chi connectivity index (χ2n) is 7.49. The van der Waals surface area contributed by atoms with Crippen LogP contribution in [0.3, 0.4) is 0 Å². The molecule has 0 aliphatic carbocycles. The van der Waals surface area contributed by atoms with E-state index in [1.54, 1.807) is 45.0 Å². The van der Waals surface area contributed by atoms with Crippen LogP contribution in [0.4, 0.5) is 4.79 Å². The molecule has 0 spiro atoms. The van der Waals surface area contributed by atoms with Gasteiger partial charge in [0.15, 0.2) is 6.04 Å². The van der Waals surface area contributed by atoms with E-state index in [0.717, 1.165) is 5.56 Å². The fraction of sp³-hybridized carbons (Fsp3) is 0.526. The van der Waals surface area contributed by atoms with E-state index in [1.165, 1.54) is 4.90 Å². The summed E-state index contributed by atoms with van der Waals surface area (Å²) in [6.45, 7) is 5.40. The number of hydrogen-bond acceptors (Lipinski definition) is 5. The van der Waals surface area contributed by atoms with Crippen molar-refractivity contribution in [3.8, 4) is 0 Å². The predicted molar refractivity (Wildman–Crippen MR) is 102 cm³/mol. The average Bonchev–Trinajstić information content (AvgIpc) is 2.60. The Bertz CT molecular complexity index is 716. The van der Waals surface area contributed by atoms with Gasteiger partial charge in [0.25, 0.3) is 0 Å². The molecular weight excluding hydrogens is 388 g/mol. The van der Waals surface area contributed by atoms with Gasteiger partial charge < -0.3 is 24.8 Å². The van der Waals surface area contributed by atoms with Crippen LogP contribution in [-0.4, -0.2) is 65.4 Å². The number of ether oxygens (including phenoxy) is 2. The summed E-state index contributed by atoms with van der Waals surface area (Å²) in [6.07, 6.45) is -0.584. The lowest BCUT2D eigenvalue weighted by Gasteiger charge is -2.35. The molecule has 2 atom stereocenters. The molecule has 1 saturated heterocycles. The van der Waals surface area contributed by atoms with Crippen LogP contribution in [0.1, 0.15) is 26.3 Å². The second kappa shape index (κ2) is 9.25. The quantitative estimate of drug-likeness (QED) is 0.767. The van der Waals surface area contributed by atoms with Crippen molar-refractivity contribution in [3.05, 3.63) is 34.9 Å². The molecule has 2 rings (SSSR count). The summed E-state index contributed by atoms with van der Waals surface area (Å²) >= 11 is 5.90. The van der Waals surface area contributed by atoms with Crippen molar-refractivity contribution in [2.75, 3.05) is 19.8 Å². The summed E-state index contributed by atoms with van der Waals surface area (Å²) in [5.74, 6) is -1.66. The van der Waals surface area contributed by atoms with E-state index in [1.807, 2.05) is 0 Å². The summed E-state index contributed by atoms with van der Waals surface area (Å²) in [6, 6.07) is 4.76. The highest BCUT2D eigenvalue weighted by Gasteiger charge is 2.37. The fourth-order valence-corrected chi connectivity index (χ4v) is 2.90. The zero-order valence-electron chi connectivity index (χ0n) is 16.1.